The minimum absolute atomic E-state index is 0.156. The van der Waals surface area contributed by atoms with E-state index in [1.165, 1.54) is 12.1 Å². The maximum absolute atomic E-state index is 13.2. The van der Waals surface area contributed by atoms with Crippen LogP contribution in [0.5, 0.6) is 0 Å². The summed E-state index contributed by atoms with van der Waals surface area (Å²) in [5, 5.41) is 0. The maximum Gasteiger partial charge on any atom is 0.336 e. The molecular formula is C21H20FNO2. The zero-order valence-corrected chi connectivity index (χ0v) is 14.3. The zero-order chi connectivity index (χ0) is 17.8. The van der Waals surface area contributed by atoms with Crippen molar-refractivity contribution in [3.63, 3.8) is 0 Å². The highest BCUT2D eigenvalue weighted by Crippen LogP contribution is 2.37. The van der Waals surface area contributed by atoms with Crippen LogP contribution in [0.4, 0.5) is 10.1 Å². The monoisotopic (exact) mass is 337 g/mol. The molecule has 2 aromatic rings. The molecule has 1 unspecified atom stereocenters. The van der Waals surface area contributed by atoms with Crippen molar-refractivity contribution < 1.29 is 13.9 Å². The van der Waals surface area contributed by atoms with Gasteiger partial charge in [0.25, 0.3) is 0 Å². The first-order valence-corrected chi connectivity index (χ1v) is 8.26. The van der Waals surface area contributed by atoms with Gasteiger partial charge >= 0.3 is 5.97 Å². The minimum atomic E-state index is -0.337. The van der Waals surface area contributed by atoms with E-state index in [1.54, 1.807) is 25.3 Å². The van der Waals surface area contributed by atoms with Crippen molar-refractivity contribution in [2.24, 2.45) is 0 Å². The molecule has 0 radical (unpaired) electrons. The summed E-state index contributed by atoms with van der Waals surface area (Å²) in [6.45, 7) is 4.09. The Labute approximate surface area is 147 Å². The predicted molar refractivity (Wildman–Crippen MR) is 96.5 cm³/mol. The summed E-state index contributed by atoms with van der Waals surface area (Å²) in [5.41, 5.74) is 3.40. The molecule has 1 aliphatic heterocycles. The number of hydrogen-bond donors (Lipinski definition) is 0. The van der Waals surface area contributed by atoms with Gasteiger partial charge in [-0.3, -0.25) is 0 Å². The average molecular weight is 337 g/mol. The van der Waals surface area contributed by atoms with E-state index in [-0.39, 0.29) is 17.7 Å². The molecule has 2 aromatic carbocycles. The van der Waals surface area contributed by atoms with Crippen LogP contribution in [0.25, 0.3) is 0 Å². The molecule has 4 heteroatoms. The molecule has 0 aliphatic carbocycles. The Morgan fingerprint density at radius 1 is 1.08 bits per heavy atom. The number of halogens is 1. The summed E-state index contributed by atoms with van der Waals surface area (Å²) >= 11 is 0. The fourth-order valence-electron chi connectivity index (χ4n) is 3.04. The molecule has 0 fully saturated rings. The lowest BCUT2D eigenvalue weighted by molar-refractivity contribution is -0.138. The van der Waals surface area contributed by atoms with Crippen LogP contribution in [0.15, 0.2) is 78.1 Å². The molecule has 0 saturated carbocycles. The highest BCUT2D eigenvalue weighted by atomic mass is 19.1. The number of rotatable bonds is 4. The van der Waals surface area contributed by atoms with Gasteiger partial charge in [-0.05, 0) is 49.2 Å². The summed E-state index contributed by atoms with van der Waals surface area (Å²) in [5.74, 6) is -0.786. The van der Waals surface area contributed by atoms with Gasteiger partial charge in [-0.2, -0.15) is 0 Å². The predicted octanol–water partition coefficient (Wildman–Crippen LogP) is 4.78. The Bertz CT molecular complexity index is 810. The summed E-state index contributed by atoms with van der Waals surface area (Å²) < 4.78 is 18.5. The van der Waals surface area contributed by atoms with Gasteiger partial charge in [-0.1, -0.05) is 30.3 Å². The third-order valence-corrected chi connectivity index (χ3v) is 4.16. The van der Waals surface area contributed by atoms with Crippen molar-refractivity contribution in [3.8, 4) is 0 Å². The standard InChI is InChI=1S/C21H20FNO2/c1-3-25-21(24)19-14-23(18-11-9-17(22)10-12-18)13-15(2)20(19)16-7-5-4-6-8-16/h4-14,20H,3H2,1-2H3. The highest BCUT2D eigenvalue weighted by Gasteiger charge is 2.29. The summed E-state index contributed by atoms with van der Waals surface area (Å²) in [4.78, 5) is 14.4. The normalized spacial score (nSPS) is 16.9. The van der Waals surface area contributed by atoms with E-state index in [0.717, 1.165) is 16.8 Å². The van der Waals surface area contributed by atoms with Crippen molar-refractivity contribution in [3.05, 3.63) is 89.5 Å². The van der Waals surface area contributed by atoms with E-state index < -0.39 is 0 Å². The molecule has 0 amide bonds. The highest BCUT2D eigenvalue weighted by molar-refractivity contribution is 5.92. The Morgan fingerprint density at radius 3 is 2.40 bits per heavy atom. The minimum Gasteiger partial charge on any atom is -0.463 e. The van der Waals surface area contributed by atoms with E-state index in [9.17, 15) is 9.18 Å². The van der Waals surface area contributed by atoms with Crippen LogP contribution < -0.4 is 4.90 Å². The van der Waals surface area contributed by atoms with Gasteiger partial charge in [0.1, 0.15) is 5.82 Å². The summed E-state index contributed by atoms with van der Waals surface area (Å²) in [7, 11) is 0. The van der Waals surface area contributed by atoms with Crippen LogP contribution in [-0.4, -0.2) is 12.6 Å². The van der Waals surface area contributed by atoms with E-state index in [2.05, 4.69) is 0 Å². The zero-order valence-electron chi connectivity index (χ0n) is 14.3. The van der Waals surface area contributed by atoms with Crippen molar-refractivity contribution in [1.29, 1.82) is 0 Å². The van der Waals surface area contributed by atoms with Crippen LogP contribution in [-0.2, 0) is 9.53 Å². The fourth-order valence-corrected chi connectivity index (χ4v) is 3.04. The van der Waals surface area contributed by atoms with Gasteiger partial charge in [0.15, 0.2) is 0 Å². The fraction of sp³-hybridized carbons (Fsp3) is 0.190. The van der Waals surface area contributed by atoms with Crippen LogP contribution in [0, 0.1) is 5.82 Å². The van der Waals surface area contributed by atoms with Gasteiger partial charge < -0.3 is 9.64 Å². The number of carbonyl (C=O) groups is 1. The molecule has 3 rings (SSSR count). The number of allylic oxidation sites excluding steroid dienone is 1. The van der Waals surface area contributed by atoms with E-state index in [0.29, 0.717) is 12.2 Å². The van der Waals surface area contributed by atoms with Gasteiger partial charge in [-0.25, -0.2) is 9.18 Å². The van der Waals surface area contributed by atoms with Crippen LogP contribution in [0.3, 0.4) is 0 Å². The quantitative estimate of drug-likeness (QED) is 0.752. The third kappa shape index (κ3) is 3.63. The Morgan fingerprint density at radius 2 is 1.76 bits per heavy atom. The number of benzene rings is 2. The van der Waals surface area contributed by atoms with Crippen LogP contribution in [0.2, 0.25) is 0 Å². The van der Waals surface area contributed by atoms with Crippen LogP contribution in [0.1, 0.15) is 25.3 Å². The second-order valence-electron chi connectivity index (χ2n) is 5.91. The van der Waals surface area contributed by atoms with Crippen molar-refractivity contribution in [2.75, 3.05) is 11.5 Å². The molecule has 1 aliphatic rings. The topological polar surface area (TPSA) is 29.5 Å². The molecular weight excluding hydrogens is 317 g/mol. The van der Waals surface area contributed by atoms with Gasteiger partial charge in [0.2, 0.25) is 0 Å². The molecule has 0 N–H and O–H groups in total. The number of hydrogen-bond acceptors (Lipinski definition) is 3. The number of esters is 1. The number of anilines is 1. The van der Waals surface area contributed by atoms with E-state index >= 15 is 0 Å². The van der Waals surface area contributed by atoms with Crippen molar-refractivity contribution in [1.82, 2.24) is 0 Å². The first-order chi connectivity index (χ1) is 12.1. The largest absolute Gasteiger partial charge is 0.463 e. The van der Waals surface area contributed by atoms with E-state index in [4.69, 9.17) is 4.74 Å². The lowest BCUT2D eigenvalue weighted by Crippen LogP contribution is -2.24. The summed E-state index contributed by atoms with van der Waals surface area (Å²) in [6, 6.07) is 16.0. The number of nitrogens with zero attached hydrogens (tertiary/aromatic N) is 1. The smallest absolute Gasteiger partial charge is 0.336 e. The van der Waals surface area contributed by atoms with Gasteiger partial charge in [0, 0.05) is 24.0 Å². The molecule has 128 valence electrons. The molecule has 1 heterocycles. The number of ether oxygens (including phenoxy) is 1. The first kappa shape index (κ1) is 17.0. The molecule has 0 aromatic heterocycles. The average Bonchev–Trinajstić information content (AvgIpc) is 2.62. The van der Waals surface area contributed by atoms with Gasteiger partial charge in [-0.15, -0.1) is 0 Å². The lowest BCUT2D eigenvalue weighted by atomic mass is 9.84. The third-order valence-electron chi connectivity index (χ3n) is 4.16. The molecule has 3 nitrogen and oxygen atoms in total. The Kier molecular flexibility index (Phi) is 4.98. The maximum atomic E-state index is 13.2. The Hall–Kier alpha value is -2.88. The van der Waals surface area contributed by atoms with Crippen LogP contribution >= 0.6 is 0 Å². The molecule has 1 atom stereocenters. The molecule has 25 heavy (non-hydrogen) atoms. The number of carbonyl (C=O) groups excluding carboxylic acids is 1. The molecule has 0 spiro atoms. The van der Waals surface area contributed by atoms with Crippen molar-refractivity contribution in [2.45, 2.75) is 19.8 Å². The Balaban J connectivity index is 2.03. The van der Waals surface area contributed by atoms with Crippen molar-refractivity contribution >= 4 is 11.7 Å². The molecule has 0 bridgehead atoms. The second kappa shape index (κ2) is 7.34. The first-order valence-electron chi connectivity index (χ1n) is 8.26. The molecule has 0 saturated heterocycles. The summed E-state index contributed by atoms with van der Waals surface area (Å²) in [6.07, 6.45) is 3.74. The second-order valence-corrected chi connectivity index (χ2v) is 5.91. The van der Waals surface area contributed by atoms with E-state index in [1.807, 2.05) is 48.4 Å². The van der Waals surface area contributed by atoms with Gasteiger partial charge in [0.05, 0.1) is 12.2 Å². The lowest BCUT2D eigenvalue weighted by Gasteiger charge is -2.30. The SMILES string of the molecule is CCOC(=O)C1=CN(c2ccc(F)cc2)C=C(C)C1c1ccccc1.